The van der Waals surface area contributed by atoms with Crippen LogP contribution in [0, 0.1) is 17.5 Å². The molecule has 3 rings (SSSR count). The van der Waals surface area contributed by atoms with Gasteiger partial charge in [0.1, 0.15) is 5.82 Å². The van der Waals surface area contributed by atoms with Gasteiger partial charge in [0.15, 0.2) is 17.3 Å². The first-order chi connectivity index (χ1) is 14.9. The molecular weight excluding hydrogens is 446 g/mol. The van der Waals surface area contributed by atoms with Crippen molar-refractivity contribution in [2.24, 2.45) is 0 Å². The zero-order chi connectivity index (χ0) is 23.8. The summed E-state index contributed by atoms with van der Waals surface area (Å²) in [5, 5.41) is 12.0. The van der Waals surface area contributed by atoms with Gasteiger partial charge in [0.25, 0.3) is 0 Å². The highest BCUT2D eigenvalue weighted by Gasteiger charge is 2.41. The van der Waals surface area contributed by atoms with Crippen LogP contribution in [-0.4, -0.2) is 51.1 Å². The molecule has 0 saturated carbocycles. The molecule has 1 aromatic heterocycles. The van der Waals surface area contributed by atoms with Crippen LogP contribution < -0.4 is 5.32 Å². The van der Waals surface area contributed by atoms with E-state index >= 15 is 0 Å². The molecule has 2 N–H and O–H groups in total. The minimum atomic E-state index is -4.86. The Morgan fingerprint density at radius 1 is 1.16 bits per heavy atom. The number of nitrogens with one attached hydrogen (secondary N) is 1. The van der Waals surface area contributed by atoms with Gasteiger partial charge in [0.2, 0.25) is 11.7 Å². The van der Waals surface area contributed by atoms with Crippen LogP contribution in [0.4, 0.5) is 26.3 Å². The van der Waals surface area contributed by atoms with Crippen molar-refractivity contribution in [1.29, 1.82) is 0 Å². The molecule has 2 aromatic rings. The number of hydrogen-bond donors (Lipinski definition) is 2. The van der Waals surface area contributed by atoms with Gasteiger partial charge in [-0.3, -0.25) is 4.79 Å². The van der Waals surface area contributed by atoms with E-state index < -0.39 is 59.6 Å². The van der Waals surface area contributed by atoms with Crippen molar-refractivity contribution in [1.82, 2.24) is 19.8 Å². The van der Waals surface area contributed by atoms with Crippen LogP contribution in [0.5, 0.6) is 0 Å². The molecule has 7 nitrogen and oxygen atoms in total. The van der Waals surface area contributed by atoms with E-state index in [0.29, 0.717) is 12.1 Å². The highest BCUT2D eigenvalue weighted by atomic mass is 19.4. The molecule has 0 bridgehead atoms. The van der Waals surface area contributed by atoms with Crippen LogP contribution in [0.2, 0.25) is 0 Å². The van der Waals surface area contributed by atoms with Gasteiger partial charge in [-0.1, -0.05) is 0 Å². The molecule has 1 unspecified atom stereocenters. The summed E-state index contributed by atoms with van der Waals surface area (Å²) in [7, 11) is 1.47. The molecule has 32 heavy (non-hydrogen) atoms. The SMILES string of the molecule is CNC(CC(=O)N1CCn2c(C(F)(F)F)nc(C(=O)O)c2C1)Cc1cc(F)c(F)cc1F. The van der Waals surface area contributed by atoms with Crippen molar-refractivity contribution in [2.45, 2.75) is 38.1 Å². The Kier molecular flexibility index (Phi) is 6.49. The molecule has 1 aliphatic heterocycles. The van der Waals surface area contributed by atoms with E-state index in [9.17, 15) is 41.0 Å². The normalized spacial score (nSPS) is 14.9. The molecule has 2 heterocycles. The fraction of sp³-hybridized carbons (Fsp3) is 0.421. The van der Waals surface area contributed by atoms with Gasteiger partial charge in [0, 0.05) is 31.6 Å². The largest absolute Gasteiger partial charge is 0.476 e. The number of carboxylic acids is 1. The number of likely N-dealkylation sites (N-methyl/N-ethyl adjacent to an activating group) is 1. The zero-order valence-electron chi connectivity index (χ0n) is 16.6. The third kappa shape index (κ3) is 4.71. The number of amides is 1. The summed E-state index contributed by atoms with van der Waals surface area (Å²) in [6, 6.07) is 0.395. The molecule has 0 aliphatic carbocycles. The molecule has 1 amide bonds. The Morgan fingerprint density at radius 3 is 2.41 bits per heavy atom. The highest BCUT2D eigenvalue weighted by molar-refractivity contribution is 5.87. The van der Waals surface area contributed by atoms with Crippen LogP contribution in [-0.2, 0) is 30.5 Å². The van der Waals surface area contributed by atoms with Gasteiger partial charge in [0.05, 0.1) is 12.2 Å². The number of carbonyl (C=O) groups is 2. The molecule has 0 radical (unpaired) electrons. The van der Waals surface area contributed by atoms with E-state index in [1.165, 1.54) is 11.9 Å². The lowest BCUT2D eigenvalue weighted by molar-refractivity contribution is -0.148. The predicted octanol–water partition coefficient (Wildman–Crippen LogP) is 2.58. The number of imidazole rings is 1. The number of carboxylic acid groups (broad SMARTS) is 1. The average Bonchev–Trinajstić information content (AvgIpc) is 3.10. The summed E-state index contributed by atoms with van der Waals surface area (Å²) < 4.78 is 80.7. The van der Waals surface area contributed by atoms with Crippen LogP contribution in [0.15, 0.2) is 12.1 Å². The Balaban J connectivity index is 1.76. The number of hydrogen-bond acceptors (Lipinski definition) is 4. The van der Waals surface area contributed by atoms with Crippen molar-refractivity contribution in [3.63, 3.8) is 0 Å². The number of carbonyl (C=O) groups excluding carboxylic acids is 1. The van der Waals surface area contributed by atoms with Crippen molar-refractivity contribution < 1.29 is 41.0 Å². The molecular formula is C19H18F6N4O3. The summed E-state index contributed by atoms with van der Waals surface area (Å²) in [5.41, 5.74) is -1.20. The summed E-state index contributed by atoms with van der Waals surface area (Å²) in [5.74, 6) is -7.11. The Morgan fingerprint density at radius 2 is 1.81 bits per heavy atom. The second-order valence-electron chi connectivity index (χ2n) is 7.25. The van der Waals surface area contributed by atoms with Crippen molar-refractivity contribution in [2.75, 3.05) is 13.6 Å². The smallest absolute Gasteiger partial charge is 0.449 e. The maximum atomic E-state index is 13.9. The number of alkyl halides is 3. The van der Waals surface area contributed by atoms with Crippen LogP contribution in [0.3, 0.4) is 0 Å². The summed E-state index contributed by atoms with van der Waals surface area (Å²) in [6.07, 6.45) is -5.26. The minimum absolute atomic E-state index is 0.125. The van der Waals surface area contributed by atoms with Crippen molar-refractivity contribution in [3.8, 4) is 0 Å². The molecule has 0 spiro atoms. The second kappa shape index (κ2) is 8.81. The Hall–Kier alpha value is -3.09. The first-order valence-corrected chi connectivity index (χ1v) is 9.40. The lowest BCUT2D eigenvalue weighted by Crippen LogP contribution is -2.42. The Labute approximate surface area is 177 Å². The van der Waals surface area contributed by atoms with Gasteiger partial charge >= 0.3 is 12.1 Å². The standard InChI is InChI=1S/C19H18F6N4O3/c1-26-10(4-9-5-12(21)13(22)7-11(9)20)6-15(30)28-2-3-29-14(8-28)16(17(31)32)27-18(29)19(23,24)25/h5,7,10,26H,2-4,6,8H2,1H3,(H,31,32). The number of halogens is 6. The van der Waals surface area contributed by atoms with Gasteiger partial charge in [-0.15, -0.1) is 0 Å². The lowest BCUT2D eigenvalue weighted by Gasteiger charge is -2.30. The van der Waals surface area contributed by atoms with Crippen LogP contribution in [0.25, 0.3) is 0 Å². The van der Waals surface area contributed by atoms with E-state index in [-0.39, 0.29) is 37.2 Å². The monoisotopic (exact) mass is 464 g/mol. The predicted molar refractivity (Wildman–Crippen MR) is 97.1 cm³/mol. The lowest BCUT2D eigenvalue weighted by atomic mass is 10.0. The molecule has 13 heteroatoms. The number of benzene rings is 1. The quantitative estimate of drug-likeness (QED) is 0.507. The molecule has 1 aromatic carbocycles. The first-order valence-electron chi connectivity index (χ1n) is 9.40. The molecule has 0 saturated heterocycles. The van der Waals surface area contributed by atoms with E-state index in [1.54, 1.807) is 0 Å². The van der Waals surface area contributed by atoms with E-state index in [1.807, 2.05) is 0 Å². The summed E-state index contributed by atoms with van der Waals surface area (Å²) >= 11 is 0. The number of fused-ring (bicyclic) bond motifs is 1. The maximum absolute atomic E-state index is 13.9. The van der Waals surface area contributed by atoms with Crippen LogP contribution in [0.1, 0.15) is 34.0 Å². The average molecular weight is 464 g/mol. The van der Waals surface area contributed by atoms with Gasteiger partial charge in [-0.05, 0) is 25.1 Å². The molecule has 1 atom stereocenters. The van der Waals surface area contributed by atoms with E-state index in [0.717, 1.165) is 4.57 Å². The summed E-state index contributed by atoms with van der Waals surface area (Å²) in [6.45, 7) is -0.835. The van der Waals surface area contributed by atoms with Gasteiger partial charge in [-0.2, -0.15) is 13.2 Å². The fourth-order valence-electron chi connectivity index (χ4n) is 3.57. The fourth-order valence-corrected chi connectivity index (χ4v) is 3.57. The number of rotatable bonds is 6. The first kappa shape index (κ1) is 23.6. The van der Waals surface area contributed by atoms with Crippen LogP contribution >= 0.6 is 0 Å². The number of aromatic nitrogens is 2. The number of aromatic carboxylic acids is 1. The molecule has 174 valence electrons. The highest BCUT2D eigenvalue weighted by Crippen LogP contribution is 2.32. The minimum Gasteiger partial charge on any atom is -0.476 e. The molecule has 1 aliphatic rings. The number of nitrogens with zero attached hydrogens (tertiary/aromatic N) is 3. The molecule has 0 fully saturated rings. The topological polar surface area (TPSA) is 87.5 Å². The zero-order valence-corrected chi connectivity index (χ0v) is 16.6. The third-order valence-corrected chi connectivity index (χ3v) is 5.20. The van der Waals surface area contributed by atoms with E-state index in [4.69, 9.17) is 0 Å². The summed E-state index contributed by atoms with van der Waals surface area (Å²) in [4.78, 5) is 28.4. The third-order valence-electron chi connectivity index (χ3n) is 5.20. The van der Waals surface area contributed by atoms with E-state index in [2.05, 4.69) is 10.3 Å². The van der Waals surface area contributed by atoms with Gasteiger partial charge < -0.3 is 19.9 Å². The maximum Gasteiger partial charge on any atom is 0.449 e. The van der Waals surface area contributed by atoms with Crippen molar-refractivity contribution in [3.05, 3.63) is 52.4 Å². The Bertz CT molecular complexity index is 1050. The van der Waals surface area contributed by atoms with Gasteiger partial charge in [-0.25, -0.2) is 22.9 Å². The van der Waals surface area contributed by atoms with Crippen molar-refractivity contribution >= 4 is 11.9 Å². The second-order valence-corrected chi connectivity index (χ2v) is 7.25.